The minimum Gasteiger partial charge on any atom is -0.476 e. The van der Waals surface area contributed by atoms with E-state index in [-0.39, 0.29) is 24.1 Å². The smallest absolute Gasteiger partial charge is 0.362 e. The Hall–Kier alpha value is -1.89. The quantitative estimate of drug-likeness (QED) is 0.931. The molecule has 0 atom stereocenters. The van der Waals surface area contributed by atoms with Crippen LogP contribution >= 0.6 is 15.9 Å². The number of hydrogen-bond acceptors (Lipinski definition) is 4. The van der Waals surface area contributed by atoms with E-state index in [1.54, 1.807) is 6.92 Å². The lowest BCUT2D eigenvalue weighted by atomic mass is 10.2. The van der Waals surface area contributed by atoms with E-state index in [1.165, 1.54) is 18.2 Å². The van der Waals surface area contributed by atoms with Crippen LogP contribution in [0.15, 0.2) is 27.1 Å². The second-order valence-corrected chi connectivity index (χ2v) is 4.37. The fourth-order valence-corrected chi connectivity index (χ4v) is 1.86. The standard InChI is InChI=1S/C12H9BrFNO4/c1-2-18-12-9(11(16)17)15-10(19-12)7-5-6(14)3-4-8(7)13/h3-5H,2H2,1H3,(H,16,17). The van der Waals surface area contributed by atoms with Crippen LogP contribution in [0.4, 0.5) is 4.39 Å². The van der Waals surface area contributed by atoms with Crippen molar-refractivity contribution < 1.29 is 23.4 Å². The fourth-order valence-electron chi connectivity index (χ4n) is 1.45. The lowest BCUT2D eigenvalue weighted by Crippen LogP contribution is -2.01. The Morgan fingerprint density at radius 1 is 1.58 bits per heavy atom. The third kappa shape index (κ3) is 2.76. The molecular formula is C12H9BrFNO4. The highest BCUT2D eigenvalue weighted by Crippen LogP contribution is 2.32. The van der Waals surface area contributed by atoms with Gasteiger partial charge >= 0.3 is 11.9 Å². The van der Waals surface area contributed by atoms with E-state index in [0.29, 0.717) is 10.0 Å². The van der Waals surface area contributed by atoms with Crippen LogP contribution in [0, 0.1) is 5.82 Å². The highest BCUT2D eigenvalue weighted by atomic mass is 79.9. The number of aromatic carboxylic acids is 1. The fraction of sp³-hybridized carbons (Fsp3) is 0.167. The van der Waals surface area contributed by atoms with E-state index in [0.717, 1.165) is 0 Å². The molecule has 100 valence electrons. The number of carboxylic acid groups (broad SMARTS) is 1. The molecule has 1 aromatic carbocycles. The first-order valence-electron chi connectivity index (χ1n) is 5.35. The Bertz CT molecular complexity index is 626. The maximum Gasteiger partial charge on any atom is 0.362 e. The van der Waals surface area contributed by atoms with Crippen molar-refractivity contribution in [1.82, 2.24) is 4.98 Å². The average Bonchev–Trinajstić information content (AvgIpc) is 2.77. The van der Waals surface area contributed by atoms with Gasteiger partial charge in [0.2, 0.25) is 11.6 Å². The molecule has 2 rings (SSSR count). The third-order valence-electron chi connectivity index (χ3n) is 2.23. The maximum absolute atomic E-state index is 13.2. The number of benzene rings is 1. The molecule has 1 aromatic heterocycles. The number of halogens is 2. The van der Waals surface area contributed by atoms with Crippen LogP contribution in [0.25, 0.3) is 11.5 Å². The van der Waals surface area contributed by atoms with Crippen LogP contribution in [-0.2, 0) is 0 Å². The Labute approximate surface area is 116 Å². The first kappa shape index (κ1) is 13.5. The van der Waals surface area contributed by atoms with Crippen molar-refractivity contribution in [2.75, 3.05) is 6.61 Å². The molecule has 2 aromatic rings. The molecule has 5 nitrogen and oxygen atoms in total. The van der Waals surface area contributed by atoms with Gasteiger partial charge in [0.05, 0.1) is 12.2 Å². The number of carbonyl (C=O) groups is 1. The van der Waals surface area contributed by atoms with Crippen LogP contribution in [0.1, 0.15) is 17.4 Å². The molecule has 0 spiro atoms. The van der Waals surface area contributed by atoms with E-state index in [4.69, 9.17) is 14.3 Å². The zero-order chi connectivity index (χ0) is 14.0. The third-order valence-corrected chi connectivity index (χ3v) is 2.92. The van der Waals surface area contributed by atoms with Crippen LogP contribution in [0.2, 0.25) is 0 Å². The minimum absolute atomic E-state index is 0.0211. The minimum atomic E-state index is -1.27. The summed E-state index contributed by atoms with van der Waals surface area (Å²) in [5.41, 5.74) is -0.0264. The molecule has 0 aliphatic heterocycles. The average molecular weight is 330 g/mol. The largest absolute Gasteiger partial charge is 0.476 e. The maximum atomic E-state index is 13.2. The van der Waals surface area contributed by atoms with Crippen LogP contribution < -0.4 is 4.74 Å². The predicted octanol–water partition coefficient (Wildman–Crippen LogP) is 3.34. The Kier molecular flexibility index (Phi) is 3.84. The van der Waals surface area contributed by atoms with Crippen LogP contribution in [0.5, 0.6) is 5.95 Å². The monoisotopic (exact) mass is 329 g/mol. The van der Waals surface area contributed by atoms with Gasteiger partial charge in [-0.15, -0.1) is 0 Å². The zero-order valence-electron chi connectivity index (χ0n) is 9.81. The zero-order valence-corrected chi connectivity index (χ0v) is 11.4. The molecule has 0 saturated carbocycles. The summed E-state index contributed by atoms with van der Waals surface area (Å²) in [5.74, 6) is -1.97. The van der Waals surface area contributed by atoms with E-state index in [2.05, 4.69) is 20.9 Å². The van der Waals surface area contributed by atoms with Gasteiger partial charge in [-0.05, 0) is 41.1 Å². The van der Waals surface area contributed by atoms with E-state index in [9.17, 15) is 9.18 Å². The van der Waals surface area contributed by atoms with Crippen molar-refractivity contribution in [1.29, 1.82) is 0 Å². The van der Waals surface area contributed by atoms with Gasteiger partial charge in [0, 0.05) is 4.47 Å². The molecule has 1 heterocycles. The molecular weight excluding hydrogens is 321 g/mol. The number of rotatable bonds is 4. The topological polar surface area (TPSA) is 72.6 Å². The molecule has 0 amide bonds. The second-order valence-electron chi connectivity index (χ2n) is 3.52. The summed E-state index contributed by atoms with van der Waals surface area (Å²) >= 11 is 3.22. The van der Waals surface area contributed by atoms with Crippen molar-refractivity contribution in [3.05, 3.63) is 34.2 Å². The Morgan fingerprint density at radius 3 is 2.95 bits per heavy atom. The van der Waals surface area contributed by atoms with Crippen LogP contribution in [0.3, 0.4) is 0 Å². The highest BCUT2D eigenvalue weighted by molar-refractivity contribution is 9.10. The lowest BCUT2D eigenvalue weighted by Gasteiger charge is -1.99. The lowest BCUT2D eigenvalue weighted by molar-refractivity contribution is 0.0683. The van der Waals surface area contributed by atoms with Crippen molar-refractivity contribution in [2.24, 2.45) is 0 Å². The Balaban J connectivity index is 2.53. The molecule has 0 radical (unpaired) electrons. The number of hydrogen-bond donors (Lipinski definition) is 1. The first-order chi connectivity index (χ1) is 9.02. The van der Waals surface area contributed by atoms with Gasteiger partial charge in [-0.25, -0.2) is 9.18 Å². The summed E-state index contributed by atoms with van der Waals surface area (Å²) in [4.78, 5) is 14.8. The predicted molar refractivity (Wildman–Crippen MR) is 67.7 cm³/mol. The molecule has 19 heavy (non-hydrogen) atoms. The summed E-state index contributed by atoms with van der Waals surface area (Å²) in [6.45, 7) is 1.92. The van der Waals surface area contributed by atoms with Gasteiger partial charge < -0.3 is 14.3 Å². The number of nitrogens with zero attached hydrogens (tertiary/aromatic N) is 1. The van der Waals surface area contributed by atoms with Gasteiger partial charge in [0.25, 0.3) is 0 Å². The first-order valence-corrected chi connectivity index (χ1v) is 6.14. The van der Waals surface area contributed by atoms with Gasteiger partial charge in [0.1, 0.15) is 5.82 Å². The van der Waals surface area contributed by atoms with Crippen molar-refractivity contribution >= 4 is 21.9 Å². The second kappa shape index (κ2) is 5.40. The Morgan fingerprint density at radius 2 is 2.32 bits per heavy atom. The molecule has 1 N–H and O–H groups in total. The summed E-state index contributed by atoms with van der Waals surface area (Å²) < 4.78 is 24.0. The number of oxazole rings is 1. The van der Waals surface area contributed by atoms with Gasteiger partial charge in [-0.1, -0.05) is 0 Å². The van der Waals surface area contributed by atoms with Gasteiger partial charge in [-0.2, -0.15) is 4.98 Å². The molecule has 0 aliphatic carbocycles. The summed E-state index contributed by atoms with van der Waals surface area (Å²) in [6.07, 6.45) is 0. The van der Waals surface area contributed by atoms with E-state index >= 15 is 0 Å². The number of aromatic nitrogens is 1. The number of carboxylic acids is 1. The van der Waals surface area contributed by atoms with Crippen molar-refractivity contribution in [3.63, 3.8) is 0 Å². The normalized spacial score (nSPS) is 10.5. The van der Waals surface area contributed by atoms with Gasteiger partial charge in [-0.3, -0.25) is 0 Å². The number of ether oxygens (including phenoxy) is 1. The summed E-state index contributed by atoms with van der Waals surface area (Å²) in [5, 5.41) is 8.99. The summed E-state index contributed by atoms with van der Waals surface area (Å²) in [6, 6.07) is 3.94. The van der Waals surface area contributed by atoms with Crippen molar-refractivity contribution in [2.45, 2.75) is 6.92 Å². The molecule has 0 fully saturated rings. The molecule has 0 bridgehead atoms. The van der Waals surface area contributed by atoms with E-state index < -0.39 is 11.8 Å². The summed E-state index contributed by atoms with van der Waals surface area (Å²) in [7, 11) is 0. The van der Waals surface area contributed by atoms with E-state index in [1.807, 2.05) is 0 Å². The highest BCUT2D eigenvalue weighted by Gasteiger charge is 2.22. The van der Waals surface area contributed by atoms with Crippen LogP contribution in [-0.4, -0.2) is 22.7 Å². The SMILES string of the molecule is CCOc1oc(-c2cc(F)ccc2Br)nc1C(=O)O. The molecule has 0 saturated heterocycles. The molecule has 0 aliphatic rings. The van der Waals surface area contributed by atoms with Gasteiger partial charge in [0.15, 0.2) is 0 Å². The molecule has 0 unspecified atom stereocenters. The van der Waals surface area contributed by atoms with Crippen molar-refractivity contribution in [3.8, 4) is 17.4 Å². The molecule has 7 heteroatoms.